The zero-order valence-corrected chi connectivity index (χ0v) is 14.5. The minimum absolute atomic E-state index is 0.371. The Balaban J connectivity index is 1.64. The van der Waals surface area contributed by atoms with Gasteiger partial charge >= 0.3 is 0 Å². The van der Waals surface area contributed by atoms with Crippen LogP contribution in [0.4, 0.5) is 0 Å². The molecule has 0 aromatic carbocycles. The summed E-state index contributed by atoms with van der Waals surface area (Å²) in [7, 11) is 0. The maximum atomic E-state index is 11.8. The predicted octanol–water partition coefficient (Wildman–Crippen LogP) is 5.08. The molecule has 5 atom stereocenters. The van der Waals surface area contributed by atoms with Crippen LogP contribution >= 0.6 is 0 Å². The lowest BCUT2D eigenvalue weighted by atomic mass is 9.50. The first-order valence-corrected chi connectivity index (χ1v) is 9.56. The normalized spacial score (nSPS) is 41.7. The van der Waals surface area contributed by atoms with Crippen LogP contribution in [0.1, 0.15) is 65.2 Å². The first kappa shape index (κ1) is 15.3. The van der Waals surface area contributed by atoms with Crippen LogP contribution in [-0.4, -0.2) is 5.78 Å². The van der Waals surface area contributed by atoms with Crippen LogP contribution in [-0.2, 0) is 4.79 Å². The van der Waals surface area contributed by atoms with E-state index in [0.29, 0.717) is 17.1 Å². The fourth-order valence-electron chi connectivity index (χ4n) is 6.52. The van der Waals surface area contributed by atoms with E-state index >= 15 is 0 Å². The molecular weight excluding hydrogens is 280 g/mol. The van der Waals surface area contributed by atoms with Crippen molar-refractivity contribution in [3.8, 4) is 11.8 Å². The van der Waals surface area contributed by atoms with Crippen LogP contribution in [0.25, 0.3) is 0 Å². The summed E-state index contributed by atoms with van der Waals surface area (Å²) < 4.78 is 0. The maximum Gasteiger partial charge on any atom is 0.155 e. The highest BCUT2D eigenvalue weighted by Crippen LogP contribution is 2.63. The third-order valence-electron chi connectivity index (χ3n) is 7.51. The topological polar surface area (TPSA) is 17.1 Å². The van der Waals surface area contributed by atoms with Gasteiger partial charge in [0.2, 0.25) is 0 Å². The number of carbonyl (C=O) groups is 1. The molecule has 0 aliphatic heterocycles. The van der Waals surface area contributed by atoms with Crippen LogP contribution < -0.4 is 0 Å². The fraction of sp³-hybridized carbons (Fsp3) is 0.682. The molecule has 0 bridgehead atoms. The van der Waals surface area contributed by atoms with E-state index in [2.05, 4.69) is 24.8 Å². The Hall–Kier alpha value is -1.29. The molecule has 4 aliphatic rings. The Morgan fingerprint density at radius 1 is 1.22 bits per heavy atom. The first-order valence-electron chi connectivity index (χ1n) is 9.56. The van der Waals surface area contributed by atoms with Crippen molar-refractivity contribution in [3.05, 3.63) is 23.3 Å². The largest absolute Gasteiger partial charge is 0.295 e. The lowest BCUT2D eigenvalue weighted by Gasteiger charge is -2.54. The molecule has 4 aliphatic carbocycles. The highest BCUT2D eigenvalue weighted by Gasteiger charge is 2.54. The van der Waals surface area contributed by atoms with Crippen molar-refractivity contribution in [2.45, 2.75) is 65.2 Å². The minimum atomic E-state index is 0.371. The summed E-state index contributed by atoms with van der Waals surface area (Å²) in [5.74, 6) is 10.2. The van der Waals surface area contributed by atoms with Crippen molar-refractivity contribution in [3.63, 3.8) is 0 Å². The molecular formula is C22H28O. The van der Waals surface area contributed by atoms with Gasteiger partial charge in [-0.25, -0.2) is 0 Å². The van der Waals surface area contributed by atoms with Crippen LogP contribution in [0.15, 0.2) is 23.3 Å². The molecule has 0 spiro atoms. The van der Waals surface area contributed by atoms with Gasteiger partial charge in [0.05, 0.1) is 0 Å². The van der Waals surface area contributed by atoms with Gasteiger partial charge in [-0.15, -0.1) is 5.92 Å². The fourth-order valence-corrected chi connectivity index (χ4v) is 6.52. The lowest BCUT2D eigenvalue weighted by Crippen LogP contribution is -2.46. The number of hydrogen-bond donors (Lipinski definition) is 0. The third kappa shape index (κ3) is 2.18. The molecule has 23 heavy (non-hydrogen) atoms. The van der Waals surface area contributed by atoms with E-state index in [1.165, 1.54) is 49.7 Å². The van der Waals surface area contributed by atoms with Crippen LogP contribution in [0, 0.1) is 40.9 Å². The van der Waals surface area contributed by atoms with Crippen LogP contribution in [0.5, 0.6) is 0 Å². The molecule has 4 rings (SSSR count). The zero-order valence-electron chi connectivity index (χ0n) is 14.5. The maximum absolute atomic E-state index is 11.8. The molecule has 0 N–H and O–H groups in total. The first-order chi connectivity index (χ1) is 11.2. The summed E-state index contributed by atoms with van der Waals surface area (Å²) in [6.07, 6.45) is 14.0. The highest BCUT2D eigenvalue weighted by atomic mass is 16.1. The van der Waals surface area contributed by atoms with E-state index in [9.17, 15) is 4.79 Å². The SMILES string of the molecule is CC#CC1=CCC2C3CCC4=CC(=O)CCC4C3CCC12CC. The summed E-state index contributed by atoms with van der Waals surface area (Å²) >= 11 is 0. The monoisotopic (exact) mass is 308 g/mol. The second kappa shape index (κ2) is 5.66. The number of rotatable bonds is 1. The van der Waals surface area contributed by atoms with Gasteiger partial charge in [-0.1, -0.05) is 24.5 Å². The lowest BCUT2D eigenvalue weighted by molar-refractivity contribution is -0.116. The van der Waals surface area contributed by atoms with Crippen LogP contribution in [0.3, 0.4) is 0 Å². The molecule has 0 amide bonds. The predicted molar refractivity (Wildman–Crippen MR) is 93.6 cm³/mol. The van der Waals surface area contributed by atoms with Gasteiger partial charge in [0.1, 0.15) is 0 Å². The molecule has 0 aromatic rings. The Labute approximate surface area is 140 Å². The second-order valence-electron chi connectivity index (χ2n) is 8.08. The molecule has 0 saturated heterocycles. The zero-order chi connectivity index (χ0) is 16.0. The number of allylic oxidation sites excluding steroid dienone is 4. The van der Waals surface area contributed by atoms with E-state index in [0.717, 1.165) is 30.6 Å². The van der Waals surface area contributed by atoms with Crippen LogP contribution in [0.2, 0.25) is 0 Å². The van der Waals surface area contributed by atoms with E-state index in [-0.39, 0.29) is 0 Å². The highest BCUT2D eigenvalue weighted by molar-refractivity contribution is 5.91. The molecule has 2 saturated carbocycles. The molecule has 122 valence electrons. The molecule has 0 radical (unpaired) electrons. The number of carbonyl (C=O) groups excluding carboxylic acids is 1. The average molecular weight is 308 g/mol. The third-order valence-corrected chi connectivity index (χ3v) is 7.51. The molecule has 0 aromatic heterocycles. The Morgan fingerprint density at radius 2 is 2.09 bits per heavy atom. The summed E-state index contributed by atoms with van der Waals surface area (Å²) in [6, 6.07) is 0. The number of hydrogen-bond acceptors (Lipinski definition) is 1. The van der Waals surface area contributed by atoms with E-state index in [1.807, 2.05) is 13.0 Å². The summed E-state index contributed by atoms with van der Waals surface area (Å²) in [5, 5.41) is 0. The number of fused-ring (bicyclic) bond motifs is 5. The molecule has 1 nitrogen and oxygen atoms in total. The van der Waals surface area contributed by atoms with Crippen molar-refractivity contribution >= 4 is 5.78 Å². The van der Waals surface area contributed by atoms with Gasteiger partial charge in [0.15, 0.2) is 5.78 Å². The van der Waals surface area contributed by atoms with Gasteiger partial charge in [-0.05, 0) is 81.6 Å². The van der Waals surface area contributed by atoms with Crippen molar-refractivity contribution in [2.75, 3.05) is 0 Å². The van der Waals surface area contributed by atoms with Gasteiger partial charge in [0.25, 0.3) is 0 Å². The van der Waals surface area contributed by atoms with Crippen molar-refractivity contribution in [1.82, 2.24) is 0 Å². The smallest absolute Gasteiger partial charge is 0.155 e. The molecule has 1 heteroatoms. The minimum Gasteiger partial charge on any atom is -0.295 e. The van der Waals surface area contributed by atoms with Gasteiger partial charge < -0.3 is 0 Å². The molecule has 2 fully saturated rings. The van der Waals surface area contributed by atoms with E-state index < -0.39 is 0 Å². The Morgan fingerprint density at radius 3 is 2.87 bits per heavy atom. The molecule has 5 unspecified atom stereocenters. The van der Waals surface area contributed by atoms with E-state index in [1.54, 1.807) is 0 Å². The second-order valence-corrected chi connectivity index (χ2v) is 8.08. The summed E-state index contributed by atoms with van der Waals surface area (Å²) in [6.45, 7) is 4.34. The quantitative estimate of drug-likeness (QED) is 0.617. The van der Waals surface area contributed by atoms with Crippen molar-refractivity contribution < 1.29 is 4.79 Å². The standard InChI is InChI=1S/C22H28O/c1-3-5-16-7-11-21-20-9-6-15-14-17(23)8-10-18(15)19(20)12-13-22(16,21)4-2/h7,14,18-21H,4,6,8-13H2,1-2H3. The van der Waals surface area contributed by atoms with Gasteiger partial charge in [-0.3, -0.25) is 4.79 Å². The summed E-state index contributed by atoms with van der Waals surface area (Å²) in [4.78, 5) is 11.8. The van der Waals surface area contributed by atoms with Crippen molar-refractivity contribution in [1.29, 1.82) is 0 Å². The molecule has 0 heterocycles. The van der Waals surface area contributed by atoms with Crippen molar-refractivity contribution in [2.24, 2.45) is 29.1 Å². The van der Waals surface area contributed by atoms with Gasteiger partial charge in [-0.2, -0.15) is 0 Å². The average Bonchev–Trinajstić information content (AvgIpc) is 2.94. The Bertz CT molecular complexity index is 641. The number of ketones is 1. The summed E-state index contributed by atoms with van der Waals surface area (Å²) in [5.41, 5.74) is 3.31. The van der Waals surface area contributed by atoms with E-state index in [4.69, 9.17) is 0 Å². The Kier molecular flexibility index (Phi) is 3.75. The van der Waals surface area contributed by atoms with Gasteiger partial charge in [0, 0.05) is 17.4 Å².